The summed E-state index contributed by atoms with van der Waals surface area (Å²) in [6, 6.07) is 1.80. The van der Waals surface area contributed by atoms with Crippen molar-refractivity contribution in [1.82, 2.24) is 9.88 Å². The molecule has 4 nitrogen and oxygen atoms in total. The van der Waals surface area contributed by atoms with Crippen molar-refractivity contribution >= 4 is 27.6 Å². The molecule has 5 heteroatoms. The van der Waals surface area contributed by atoms with Crippen LogP contribution in [0.5, 0.6) is 0 Å². The molecule has 3 rings (SSSR count). The molecule has 0 radical (unpaired) electrons. The Labute approximate surface area is 120 Å². The fourth-order valence-electron chi connectivity index (χ4n) is 2.96. The van der Waals surface area contributed by atoms with Gasteiger partial charge in [0.05, 0.1) is 11.6 Å². The van der Waals surface area contributed by atoms with Crippen LogP contribution in [0.15, 0.2) is 16.7 Å². The van der Waals surface area contributed by atoms with Gasteiger partial charge >= 0.3 is 0 Å². The highest BCUT2D eigenvalue weighted by atomic mass is 79.9. The predicted octanol–water partition coefficient (Wildman–Crippen LogP) is 2.34. The summed E-state index contributed by atoms with van der Waals surface area (Å²) in [5.41, 5.74) is 1.41. The van der Waals surface area contributed by atoms with Gasteiger partial charge in [0.25, 0.3) is 5.91 Å². The molecule has 0 spiro atoms. The number of aromatic nitrogens is 1. The van der Waals surface area contributed by atoms with Crippen LogP contribution in [0, 0.1) is 12.8 Å². The standard InChI is InChI=1S/C14H15BrN2O2/c1-7-3-10(11(15)6-16-7)14(19)17-12(8(2)18)4-9-5-13(9)17/h3,6,9,12-13H,4-5H2,1-2H3/t9-,12+,13+/m0/s1. The summed E-state index contributed by atoms with van der Waals surface area (Å²) in [7, 11) is 0. The monoisotopic (exact) mass is 322 g/mol. The van der Waals surface area contributed by atoms with Crippen LogP contribution in [-0.4, -0.2) is 33.7 Å². The van der Waals surface area contributed by atoms with Gasteiger partial charge in [-0.2, -0.15) is 0 Å². The van der Waals surface area contributed by atoms with Gasteiger partial charge in [0.1, 0.15) is 0 Å². The molecule has 2 fully saturated rings. The third-order valence-electron chi connectivity index (χ3n) is 4.03. The maximum Gasteiger partial charge on any atom is 0.255 e. The van der Waals surface area contributed by atoms with Crippen LogP contribution in [0.4, 0.5) is 0 Å². The smallest absolute Gasteiger partial charge is 0.255 e. The minimum absolute atomic E-state index is 0.0532. The van der Waals surface area contributed by atoms with E-state index in [1.54, 1.807) is 24.1 Å². The average molecular weight is 323 g/mol. The van der Waals surface area contributed by atoms with E-state index in [1.165, 1.54) is 0 Å². The second kappa shape index (κ2) is 4.40. The molecule has 1 aromatic rings. The zero-order valence-corrected chi connectivity index (χ0v) is 12.5. The third-order valence-corrected chi connectivity index (χ3v) is 4.66. The molecule has 0 N–H and O–H groups in total. The number of ketones is 1. The first-order valence-corrected chi connectivity index (χ1v) is 7.23. The second-order valence-electron chi connectivity index (χ2n) is 5.44. The number of carbonyl (C=O) groups is 2. The third kappa shape index (κ3) is 2.10. The van der Waals surface area contributed by atoms with E-state index >= 15 is 0 Å². The van der Waals surface area contributed by atoms with Gasteiger partial charge in [-0.25, -0.2) is 0 Å². The lowest BCUT2D eigenvalue weighted by atomic mass is 10.1. The molecule has 3 atom stereocenters. The van der Waals surface area contributed by atoms with E-state index in [9.17, 15) is 9.59 Å². The van der Waals surface area contributed by atoms with Gasteiger partial charge in [-0.3, -0.25) is 14.6 Å². The molecule has 1 amide bonds. The van der Waals surface area contributed by atoms with Crippen LogP contribution >= 0.6 is 15.9 Å². The number of fused-ring (bicyclic) bond motifs is 1. The van der Waals surface area contributed by atoms with Crippen LogP contribution < -0.4 is 0 Å². The van der Waals surface area contributed by atoms with Crippen molar-refractivity contribution in [3.8, 4) is 0 Å². The van der Waals surface area contributed by atoms with Gasteiger partial charge in [0.15, 0.2) is 5.78 Å². The lowest BCUT2D eigenvalue weighted by molar-refractivity contribution is -0.121. The van der Waals surface area contributed by atoms with Gasteiger partial charge < -0.3 is 4.90 Å². The molecule has 1 aromatic heterocycles. The Balaban J connectivity index is 1.94. The number of halogens is 1. The van der Waals surface area contributed by atoms with Crippen LogP contribution in [0.25, 0.3) is 0 Å². The molecule has 1 aliphatic carbocycles. The number of nitrogens with zero attached hydrogens (tertiary/aromatic N) is 2. The minimum atomic E-state index is -0.239. The molecule has 2 aliphatic rings. The number of hydrogen-bond acceptors (Lipinski definition) is 3. The zero-order valence-electron chi connectivity index (χ0n) is 10.9. The maximum atomic E-state index is 12.7. The van der Waals surface area contributed by atoms with Crippen LogP contribution in [-0.2, 0) is 4.79 Å². The Morgan fingerprint density at radius 2 is 2.16 bits per heavy atom. The number of carbonyl (C=O) groups excluding carboxylic acids is 2. The van der Waals surface area contributed by atoms with E-state index in [0.29, 0.717) is 16.0 Å². The van der Waals surface area contributed by atoms with E-state index in [-0.39, 0.29) is 23.8 Å². The first kappa shape index (κ1) is 12.8. The van der Waals surface area contributed by atoms with Crippen LogP contribution in [0.3, 0.4) is 0 Å². The predicted molar refractivity (Wildman–Crippen MR) is 73.8 cm³/mol. The average Bonchev–Trinajstić information content (AvgIpc) is 3.02. The molecular weight excluding hydrogens is 308 g/mol. The van der Waals surface area contributed by atoms with Gasteiger partial charge in [-0.15, -0.1) is 0 Å². The normalized spacial score (nSPS) is 28.2. The van der Waals surface area contributed by atoms with E-state index in [4.69, 9.17) is 0 Å². The Morgan fingerprint density at radius 3 is 2.84 bits per heavy atom. The highest BCUT2D eigenvalue weighted by Crippen LogP contribution is 2.48. The number of rotatable bonds is 2. The Morgan fingerprint density at radius 1 is 1.42 bits per heavy atom. The van der Waals surface area contributed by atoms with Crippen molar-refractivity contribution in [2.45, 2.75) is 38.8 Å². The molecule has 19 heavy (non-hydrogen) atoms. The van der Waals surface area contributed by atoms with Crippen LogP contribution in [0.1, 0.15) is 35.8 Å². The topological polar surface area (TPSA) is 50.3 Å². The highest BCUT2D eigenvalue weighted by molar-refractivity contribution is 9.10. The van der Waals surface area contributed by atoms with Crippen LogP contribution in [0.2, 0.25) is 0 Å². The van der Waals surface area contributed by atoms with Crippen molar-refractivity contribution in [3.05, 3.63) is 28.0 Å². The Hall–Kier alpha value is -1.23. The summed E-state index contributed by atoms with van der Waals surface area (Å²) in [5.74, 6) is 0.560. The van der Waals surface area contributed by atoms with E-state index < -0.39 is 0 Å². The van der Waals surface area contributed by atoms with E-state index in [0.717, 1.165) is 18.5 Å². The Bertz CT molecular complexity index is 573. The molecular formula is C14H15BrN2O2. The number of piperidine rings is 1. The molecule has 100 valence electrons. The summed E-state index contributed by atoms with van der Waals surface area (Å²) in [4.78, 5) is 30.3. The van der Waals surface area contributed by atoms with Crippen molar-refractivity contribution in [1.29, 1.82) is 0 Å². The summed E-state index contributed by atoms with van der Waals surface area (Å²) < 4.78 is 0.689. The van der Waals surface area contributed by atoms with Gasteiger partial charge in [0, 0.05) is 22.4 Å². The summed E-state index contributed by atoms with van der Waals surface area (Å²) in [6.07, 6.45) is 3.51. The van der Waals surface area contributed by atoms with E-state index in [1.807, 2.05) is 6.92 Å². The lowest BCUT2D eigenvalue weighted by Crippen LogP contribution is -2.42. The molecule has 1 saturated heterocycles. The summed E-state index contributed by atoms with van der Waals surface area (Å²) in [5, 5.41) is 0. The Kier molecular flexibility index (Phi) is 2.96. The number of aryl methyl sites for hydroxylation is 1. The second-order valence-corrected chi connectivity index (χ2v) is 6.30. The first-order chi connectivity index (χ1) is 8.99. The van der Waals surface area contributed by atoms with Crippen molar-refractivity contribution in [3.63, 3.8) is 0 Å². The molecule has 1 aliphatic heterocycles. The molecule has 1 saturated carbocycles. The largest absolute Gasteiger partial charge is 0.325 e. The summed E-state index contributed by atoms with van der Waals surface area (Å²) >= 11 is 3.37. The number of pyridine rings is 1. The molecule has 0 bridgehead atoms. The van der Waals surface area contributed by atoms with Gasteiger partial charge in [-0.05, 0) is 54.6 Å². The zero-order chi connectivity index (χ0) is 13.7. The highest BCUT2D eigenvalue weighted by Gasteiger charge is 2.55. The first-order valence-electron chi connectivity index (χ1n) is 6.44. The summed E-state index contributed by atoms with van der Waals surface area (Å²) in [6.45, 7) is 3.43. The lowest BCUT2D eigenvalue weighted by Gasteiger charge is -2.26. The minimum Gasteiger partial charge on any atom is -0.325 e. The van der Waals surface area contributed by atoms with E-state index in [2.05, 4.69) is 20.9 Å². The quantitative estimate of drug-likeness (QED) is 0.839. The van der Waals surface area contributed by atoms with Crippen molar-refractivity contribution < 1.29 is 9.59 Å². The molecule has 2 heterocycles. The number of likely N-dealkylation sites (tertiary alicyclic amines) is 1. The van der Waals surface area contributed by atoms with Gasteiger partial charge in [0.2, 0.25) is 0 Å². The fraction of sp³-hybridized carbons (Fsp3) is 0.500. The molecule has 0 aromatic carbocycles. The van der Waals surface area contributed by atoms with Crippen molar-refractivity contribution in [2.75, 3.05) is 0 Å². The molecule has 0 unspecified atom stereocenters. The van der Waals surface area contributed by atoms with Gasteiger partial charge in [-0.1, -0.05) is 0 Å². The maximum absolute atomic E-state index is 12.7. The number of Topliss-reactive ketones (excluding diaryl/α,β-unsaturated/α-hetero) is 1. The number of amides is 1. The SMILES string of the molecule is CC(=O)[C@H]1C[C@H]2C[C@H]2N1C(=O)c1cc(C)ncc1Br. The van der Waals surface area contributed by atoms with Crippen molar-refractivity contribution in [2.24, 2.45) is 5.92 Å². The number of hydrogen-bond donors (Lipinski definition) is 0. The fourth-order valence-corrected chi connectivity index (χ4v) is 3.34.